The molecule has 1 aliphatic heterocycles. The lowest BCUT2D eigenvalue weighted by molar-refractivity contribution is -0.127. The molecule has 2 amide bonds. The molecule has 186 valence electrons. The van der Waals surface area contributed by atoms with Gasteiger partial charge < -0.3 is 10.6 Å². The second-order valence-corrected chi connectivity index (χ2v) is 9.53. The van der Waals surface area contributed by atoms with Gasteiger partial charge in [-0.05, 0) is 42.4 Å². The largest absolute Gasteiger partial charge is 0.347 e. The van der Waals surface area contributed by atoms with E-state index in [9.17, 15) is 14.4 Å². The Morgan fingerprint density at radius 1 is 1.09 bits per heavy atom. The summed E-state index contributed by atoms with van der Waals surface area (Å²) >= 11 is 1.54. The van der Waals surface area contributed by atoms with E-state index in [1.165, 1.54) is 16.3 Å². The van der Waals surface area contributed by atoms with Crippen LogP contribution in [0.3, 0.4) is 0 Å². The molecule has 2 aromatic rings. The fourth-order valence-corrected chi connectivity index (χ4v) is 5.26. The molecule has 1 fully saturated rings. The molecule has 1 aliphatic rings. The highest BCUT2D eigenvalue weighted by Crippen LogP contribution is 2.31. The van der Waals surface area contributed by atoms with E-state index in [-0.39, 0.29) is 43.8 Å². The number of piperidine rings is 1. The number of hydrogen-bond donors (Lipinski definition) is 2. The maximum absolute atomic E-state index is 12.4. The Bertz CT molecular complexity index is 1070. The van der Waals surface area contributed by atoms with Crippen molar-refractivity contribution in [1.82, 2.24) is 19.8 Å². The zero-order valence-electron chi connectivity index (χ0n) is 20.3. The monoisotopic (exact) mass is 495 g/mol. The summed E-state index contributed by atoms with van der Waals surface area (Å²) < 4.78 is 2.09. The first kappa shape index (κ1) is 26.7. The van der Waals surface area contributed by atoms with Gasteiger partial charge in [-0.2, -0.15) is 5.26 Å². The van der Waals surface area contributed by atoms with Crippen LogP contribution in [-0.4, -0.2) is 71.8 Å². The minimum Gasteiger partial charge on any atom is -0.347 e. The average Bonchev–Trinajstić information content (AvgIpc) is 2.89. The third-order valence-electron chi connectivity index (χ3n) is 6.47. The number of hydrogen-bond acceptors (Lipinski definition) is 7. The van der Waals surface area contributed by atoms with Crippen LogP contribution >= 0.6 is 11.9 Å². The number of amides is 2. The summed E-state index contributed by atoms with van der Waals surface area (Å²) in [4.78, 5) is 38.1. The fourth-order valence-electron chi connectivity index (χ4n) is 4.50. The van der Waals surface area contributed by atoms with Crippen LogP contribution in [0.4, 0.5) is 0 Å². The van der Waals surface area contributed by atoms with Crippen LogP contribution in [0.5, 0.6) is 0 Å². The Labute approximate surface area is 211 Å². The standard InChI is InChI=1S/C26H33N5O3S/c1-19(23-9-5-7-20-6-3-4-8-24(20)23)30-14-11-21(12-15-30)31(35-2)18-26(34)29-17-25(33)28-16-22(32)10-13-27/h3-9,19,21H,10-12,14-18H2,1-2H3,(H,28,33)(H,29,34). The lowest BCUT2D eigenvalue weighted by Crippen LogP contribution is -2.47. The van der Waals surface area contributed by atoms with Crippen LogP contribution in [0.15, 0.2) is 42.5 Å². The molecule has 9 heteroatoms. The number of rotatable bonds is 11. The van der Waals surface area contributed by atoms with E-state index in [4.69, 9.17) is 5.26 Å². The molecule has 2 N–H and O–H groups in total. The highest BCUT2D eigenvalue weighted by Gasteiger charge is 2.28. The second kappa shape index (κ2) is 13.2. The molecule has 0 spiro atoms. The van der Waals surface area contributed by atoms with E-state index in [1.807, 2.05) is 6.26 Å². The summed E-state index contributed by atoms with van der Waals surface area (Å²) in [6.45, 7) is 3.97. The van der Waals surface area contributed by atoms with Crippen molar-refractivity contribution in [2.24, 2.45) is 0 Å². The van der Waals surface area contributed by atoms with Gasteiger partial charge in [0.2, 0.25) is 11.8 Å². The average molecular weight is 496 g/mol. The van der Waals surface area contributed by atoms with Gasteiger partial charge in [-0.15, -0.1) is 0 Å². The number of benzene rings is 2. The lowest BCUT2D eigenvalue weighted by Gasteiger charge is -2.40. The van der Waals surface area contributed by atoms with Gasteiger partial charge in [0, 0.05) is 25.2 Å². The fraction of sp³-hybridized carbons (Fsp3) is 0.462. The number of nitriles is 1. The van der Waals surface area contributed by atoms with Crippen molar-refractivity contribution in [2.75, 3.05) is 39.0 Å². The molecule has 1 unspecified atom stereocenters. The molecule has 0 radical (unpaired) electrons. The van der Waals surface area contributed by atoms with Gasteiger partial charge in [0.15, 0.2) is 5.78 Å². The van der Waals surface area contributed by atoms with Gasteiger partial charge in [0.25, 0.3) is 0 Å². The molecule has 0 bridgehead atoms. The Morgan fingerprint density at radius 3 is 2.49 bits per heavy atom. The highest BCUT2D eigenvalue weighted by molar-refractivity contribution is 7.96. The first-order valence-corrected chi connectivity index (χ1v) is 13.1. The van der Waals surface area contributed by atoms with Crippen LogP contribution in [0.2, 0.25) is 0 Å². The van der Waals surface area contributed by atoms with Gasteiger partial charge in [-0.3, -0.25) is 19.3 Å². The summed E-state index contributed by atoms with van der Waals surface area (Å²) in [6, 6.07) is 17.3. The zero-order chi connectivity index (χ0) is 25.2. The third kappa shape index (κ3) is 7.52. The van der Waals surface area contributed by atoms with Crippen LogP contribution in [0.1, 0.15) is 37.8 Å². The summed E-state index contributed by atoms with van der Waals surface area (Å²) in [6.07, 6.45) is 3.65. The first-order chi connectivity index (χ1) is 16.9. The summed E-state index contributed by atoms with van der Waals surface area (Å²) in [5, 5.41) is 16.1. The number of carbonyl (C=O) groups is 3. The quantitative estimate of drug-likeness (QED) is 0.462. The molecule has 3 rings (SSSR count). The van der Waals surface area contributed by atoms with Crippen molar-refractivity contribution < 1.29 is 14.4 Å². The van der Waals surface area contributed by atoms with Gasteiger partial charge >= 0.3 is 0 Å². The van der Waals surface area contributed by atoms with E-state index in [0.29, 0.717) is 6.04 Å². The molecule has 8 nitrogen and oxygen atoms in total. The Morgan fingerprint density at radius 2 is 1.77 bits per heavy atom. The molecule has 35 heavy (non-hydrogen) atoms. The number of ketones is 1. The predicted molar refractivity (Wildman–Crippen MR) is 138 cm³/mol. The van der Waals surface area contributed by atoms with Crippen molar-refractivity contribution in [2.45, 2.75) is 38.3 Å². The first-order valence-electron chi connectivity index (χ1n) is 11.9. The molecule has 1 atom stereocenters. The molecule has 2 aromatic carbocycles. The van der Waals surface area contributed by atoms with Gasteiger partial charge in [-0.1, -0.05) is 54.4 Å². The van der Waals surface area contributed by atoms with E-state index < -0.39 is 5.91 Å². The topological polar surface area (TPSA) is 106 Å². The van der Waals surface area contributed by atoms with Crippen molar-refractivity contribution in [1.29, 1.82) is 5.26 Å². The van der Waals surface area contributed by atoms with Crippen molar-refractivity contribution in [3.63, 3.8) is 0 Å². The second-order valence-electron chi connectivity index (χ2n) is 8.70. The van der Waals surface area contributed by atoms with Crippen LogP contribution < -0.4 is 10.6 Å². The maximum atomic E-state index is 12.4. The highest BCUT2D eigenvalue weighted by atomic mass is 32.2. The van der Waals surface area contributed by atoms with Gasteiger partial charge in [-0.25, -0.2) is 4.31 Å². The van der Waals surface area contributed by atoms with Crippen molar-refractivity contribution in [3.8, 4) is 6.07 Å². The molecule has 1 heterocycles. The summed E-state index contributed by atoms with van der Waals surface area (Å²) in [5.41, 5.74) is 1.34. The minimum atomic E-state index is -0.448. The van der Waals surface area contributed by atoms with Crippen LogP contribution in [0.25, 0.3) is 10.8 Å². The molecule has 0 aliphatic carbocycles. The summed E-state index contributed by atoms with van der Waals surface area (Å²) in [7, 11) is 0. The molecular weight excluding hydrogens is 462 g/mol. The van der Waals surface area contributed by atoms with E-state index in [0.717, 1.165) is 25.9 Å². The molecule has 0 saturated carbocycles. The van der Waals surface area contributed by atoms with Gasteiger partial charge in [0.1, 0.15) is 0 Å². The summed E-state index contributed by atoms with van der Waals surface area (Å²) in [5.74, 6) is -1.04. The number of likely N-dealkylation sites (tertiary alicyclic amines) is 1. The number of carbonyl (C=O) groups excluding carboxylic acids is 3. The Hall–Kier alpha value is -2.93. The normalized spacial score (nSPS) is 15.5. The number of fused-ring (bicyclic) bond motifs is 1. The SMILES string of the molecule is CSN(CC(=O)NCC(=O)NCC(=O)CC#N)C1CCN(C(C)c2cccc3ccccc23)CC1. The van der Waals surface area contributed by atoms with E-state index in [1.54, 1.807) is 18.0 Å². The van der Waals surface area contributed by atoms with Crippen LogP contribution in [0, 0.1) is 11.3 Å². The van der Waals surface area contributed by atoms with Crippen LogP contribution in [-0.2, 0) is 14.4 Å². The molecule has 1 saturated heterocycles. The van der Waals surface area contributed by atoms with E-state index >= 15 is 0 Å². The smallest absolute Gasteiger partial charge is 0.239 e. The lowest BCUT2D eigenvalue weighted by atomic mass is 9.96. The predicted octanol–water partition coefficient (Wildman–Crippen LogP) is 2.66. The number of nitrogens with one attached hydrogen (secondary N) is 2. The van der Waals surface area contributed by atoms with Crippen molar-refractivity contribution in [3.05, 3.63) is 48.0 Å². The number of Topliss-reactive ketones (excluding diaryl/α,β-unsaturated/α-hetero) is 1. The van der Waals surface area contributed by atoms with Gasteiger partial charge in [0.05, 0.1) is 32.1 Å². The maximum Gasteiger partial charge on any atom is 0.239 e. The van der Waals surface area contributed by atoms with E-state index in [2.05, 4.69) is 69.2 Å². The van der Waals surface area contributed by atoms with Crippen molar-refractivity contribution >= 4 is 40.3 Å². The molecule has 0 aromatic heterocycles. The Balaban J connectivity index is 1.46. The zero-order valence-corrected chi connectivity index (χ0v) is 21.1. The third-order valence-corrected chi connectivity index (χ3v) is 7.36. The number of nitrogens with zero attached hydrogens (tertiary/aromatic N) is 3. The Kier molecular flexibility index (Phi) is 10.1. The minimum absolute atomic E-state index is 0.193. The molecular formula is C26H33N5O3S.